The maximum atomic E-state index is 12.1. The molecule has 0 saturated carbocycles. The van der Waals surface area contributed by atoms with Gasteiger partial charge in [0.1, 0.15) is 6.04 Å². The first-order valence-corrected chi connectivity index (χ1v) is 8.08. The molecule has 0 aliphatic carbocycles. The van der Waals surface area contributed by atoms with Crippen molar-refractivity contribution in [1.82, 2.24) is 5.32 Å². The number of carbonyl (C=O) groups excluding carboxylic acids is 2. The van der Waals surface area contributed by atoms with Crippen LogP contribution in [0.15, 0.2) is 48.5 Å². The van der Waals surface area contributed by atoms with E-state index in [9.17, 15) is 9.59 Å². The van der Waals surface area contributed by atoms with Crippen molar-refractivity contribution in [3.8, 4) is 11.1 Å². The van der Waals surface area contributed by atoms with Crippen LogP contribution < -0.4 is 11.1 Å². The van der Waals surface area contributed by atoms with Gasteiger partial charge in [0.25, 0.3) is 5.91 Å². The molecule has 0 fully saturated rings. The zero-order valence-electron chi connectivity index (χ0n) is 13.0. The smallest absolute Gasteiger partial charge is 0.251 e. The summed E-state index contributed by atoms with van der Waals surface area (Å²) in [6, 6.07) is 14.8. The van der Waals surface area contributed by atoms with Crippen LogP contribution in [0.3, 0.4) is 0 Å². The maximum Gasteiger partial charge on any atom is 0.251 e. The molecule has 0 radical (unpaired) electrons. The Morgan fingerprint density at radius 2 is 1.57 bits per heavy atom. The van der Waals surface area contributed by atoms with E-state index >= 15 is 0 Å². The molecule has 2 aromatic rings. The third-order valence-corrected chi connectivity index (χ3v) is 4.04. The molecule has 4 nitrogen and oxygen atoms in total. The fraction of sp³-hybridized carbons (Fsp3) is 0.222. The van der Waals surface area contributed by atoms with E-state index in [1.54, 1.807) is 12.1 Å². The van der Waals surface area contributed by atoms with Crippen molar-refractivity contribution in [2.24, 2.45) is 5.73 Å². The summed E-state index contributed by atoms with van der Waals surface area (Å²) in [5.74, 6) is -0.764. The van der Waals surface area contributed by atoms with Gasteiger partial charge in [-0.05, 0) is 35.2 Å². The average Bonchev–Trinajstić information content (AvgIpc) is 2.59. The highest BCUT2D eigenvalue weighted by Crippen LogP contribution is 2.20. The number of benzene rings is 2. The SMILES string of the molecule is CCc1ccc(-c2ccc(C(=O)NC(CS)C(N)=O)cc2)cc1. The van der Waals surface area contributed by atoms with Crippen molar-refractivity contribution in [2.45, 2.75) is 19.4 Å². The number of aryl methyl sites for hydroxylation is 1. The molecular weight excluding hydrogens is 308 g/mol. The summed E-state index contributed by atoms with van der Waals surface area (Å²) in [7, 11) is 0. The molecule has 23 heavy (non-hydrogen) atoms. The molecule has 2 rings (SSSR count). The summed E-state index contributed by atoms with van der Waals surface area (Å²) < 4.78 is 0. The third-order valence-electron chi connectivity index (χ3n) is 3.67. The van der Waals surface area contributed by atoms with Crippen molar-refractivity contribution >= 4 is 24.4 Å². The number of primary amides is 1. The van der Waals surface area contributed by atoms with Crippen molar-refractivity contribution in [3.63, 3.8) is 0 Å². The molecular formula is C18H20N2O2S. The van der Waals surface area contributed by atoms with Gasteiger partial charge in [-0.1, -0.05) is 43.3 Å². The summed E-state index contributed by atoms with van der Waals surface area (Å²) in [4.78, 5) is 23.2. The van der Waals surface area contributed by atoms with Gasteiger partial charge < -0.3 is 11.1 Å². The summed E-state index contributed by atoms with van der Waals surface area (Å²) in [6.07, 6.45) is 1.01. The summed E-state index contributed by atoms with van der Waals surface area (Å²) in [5, 5.41) is 2.57. The Morgan fingerprint density at radius 1 is 1.04 bits per heavy atom. The van der Waals surface area contributed by atoms with E-state index in [2.05, 4.69) is 49.1 Å². The second-order valence-electron chi connectivity index (χ2n) is 5.24. The van der Waals surface area contributed by atoms with Crippen LogP contribution in [-0.4, -0.2) is 23.6 Å². The maximum absolute atomic E-state index is 12.1. The Kier molecular flexibility index (Phi) is 5.82. The van der Waals surface area contributed by atoms with Crippen LogP contribution in [0, 0.1) is 0 Å². The minimum absolute atomic E-state index is 0.170. The lowest BCUT2D eigenvalue weighted by molar-refractivity contribution is -0.119. The van der Waals surface area contributed by atoms with Gasteiger partial charge >= 0.3 is 0 Å². The minimum atomic E-state index is -0.771. The monoisotopic (exact) mass is 328 g/mol. The van der Waals surface area contributed by atoms with E-state index < -0.39 is 11.9 Å². The highest BCUT2D eigenvalue weighted by atomic mass is 32.1. The molecule has 0 spiro atoms. The molecule has 3 N–H and O–H groups in total. The molecule has 2 amide bonds. The largest absolute Gasteiger partial charge is 0.368 e. The fourth-order valence-electron chi connectivity index (χ4n) is 2.20. The van der Waals surface area contributed by atoms with Gasteiger partial charge in [0.05, 0.1) is 0 Å². The number of nitrogens with one attached hydrogen (secondary N) is 1. The van der Waals surface area contributed by atoms with Crippen molar-refractivity contribution in [2.75, 3.05) is 5.75 Å². The second-order valence-corrected chi connectivity index (χ2v) is 5.60. The quantitative estimate of drug-likeness (QED) is 0.713. The molecule has 1 atom stereocenters. The molecule has 0 saturated heterocycles. The van der Waals surface area contributed by atoms with E-state index in [1.807, 2.05) is 12.1 Å². The Bertz CT molecular complexity index is 681. The van der Waals surface area contributed by atoms with Crippen molar-refractivity contribution < 1.29 is 9.59 Å². The molecule has 120 valence electrons. The van der Waals surface area contributed by atoms with Crippen LogP contribution in [-0.2, 0) is 11.2 Å². The number of amides is 2. The highest BCUT2D eigenvalue weighted by Gasteiger charge is 2.17. The topological polar surface area (TPSA) is 72.2 Å². The highest BCUT2D eigenvalue weighted by molar-refractivity contribution is 7.80. The van der Waals surface area contributed by atoms with E-state index in [1.165, 1.54) is 5.56 Å². The molecule has 1 unspecified atom stereocenters. The van der Waals surface area contributed by atoms with Crippen LogP contribution >= 0.6 is 12.6 Å². The lowest BCUT2D eigenvalue weighted by atomic mass is 10.0. The number of thiol groups is 1. The van der Waals surface area contributed by atoms with Gasteiger partial charge in [0.15, 0.2) is 0 Å². The van der Waals surface area contributed by atoms with Crippen LogP contribution in [0.25, 0.3) is 11.1 Å². The fourth-order valence-corrected chi connectivity index (χ4v) is 2.47. The van der Waals surface area contributed by atoms with Crippen LogP contribution in [0.4, 0.5) is 0 Å². The first-order chi connectivity index (χ1) is 11.0. The number of rotatable bonds is 6. The predicted molar refractivity (Wildman–Crippen MR) is 95.6 cm³/mol. The summed E-state index contributed by atoms with van der Waals surface area (Å²) in [5.41, 5.74) is 9.09. The number of hydrogen-bond donors (Lipinski definition) is 3. The second kappa shape index (κ2) is 7.83. The van der Waals surface area contributed by atoms with Gasteiger partial charge in [-0.2, -0.15) is 12.6 Å². The zero-order valence-corrected chi connectivity index (χ0v) is 13.8. The van der Waals surface area contributed by atoms with Crippen LogP contribution in [0.1, 0.15) is 22.8 Å². The minimum Gasteiger partial charge on any atom is -0.368 e. The Labute approximate surface area is 141 Å². The lowest BCUT2D eigenvalue weighted by Crippen LogP contribution is -2.45. The lowest BCUT2D eigenvalue weighted by Gasteiger charge is -2.13. The van der Waals surface area contributed by atoms with Gasteiger partial charge in [-0.25, -0.2) is 0 Å². The number of carbonyl (C=O) groups is 2. The molecule has 0 aliphatic heterocycles. The van der Waals surface area contributed by atoms with E-state index in [-0.39, 0.29) is 11.7 Å². The normalized spacial score (nSPS) is 11.7. The number of hydrogen-bond acceptors (Lipinski definition) is 3. The Balaban J connectivity index is 2.12. The van der Waals surface area contributed by atoms with Gasteiger partial charge in [0.2, 0.25) is 5.91 Å². The molecule has 0 aromatic heterocycles. The molecule has 5 heteroatoms. The van der Waals surface area contributed by atoms with Crippen LogP contribution in [0.5, 0.6) is 0 Å². The standard InChI is InChI=1S/C18H20N2O2S/c1-2-12-3-5-13(6-4-12)14-7-9-15(10-8-14)18(22)20-16(11-23)17(19)21/h3-10,16,23H,2,11H2,1H3,(H2,19,21)(H,20,22). The van der Waals surface area contributed by atoms with Gasteiger partial charge in [-0.15, -0.1) is 0 Å². The molecule has 0 bridgehead atoms. The zero-order chi connectivity index (χ0) is 16.8. The first kappa shape index (κ1) is 17.1. The summed E-state index contributed by atoms with van der Waals surface area (Å²) >= 11 is 4.01. The average molecular weight is 328 g/mol. The number of nitrogens with two attached hydrogens (primary N) is 1. The van der Waals surface area contributed by atoms with Gasteiger partial charge in [-0.3, -0.25) is 9.59 Å². The third kappa shape index (κ3) is 4.36. The molecule has 0 heterocycles. The Morgan fingerprint density at radius 3 is 2.00 bits per heavy atom. The van der Waals surface area contributed by atoms with Crippen LogP contribution in [0.2, 0.25) is 0 Å². The van der Waals surface area contributed by atoms with E-state index in [4.69, 9.17) is 5.73 Å². The Hall–Kier alpha value is -2.27. The van der Waals surface area contributed by atoms with E-state index in [0.29, 0.717) is 5.56 Å². The summed E-state index contributed by atoms with van der Waals surface area (Å²) in [6.45, 7) is 2.12. The van der Waals surface area contributed by atoms with Crippen molar-refractivity contribution in [3.05, 3.63) is 59.7 Å². The predicted octanol–water partition coefficient (Wildman–Crippen LogP) is 2.43. The first-order valence-electron chi connectivity index (χ1n) is 7.45. The van der Waals surface area contributed by atoms with Gasteiger partial charge in [0, 0.05) is 11.3 Å². The van der Waals surface area contributed by atoms with Crippen molar-refractivity contribution in [1.29, 1.82) is 0 Å². The molecule has 0 aliphatic rings. The molecule has 2 aromatic carbocycles. The van der Waals surface area contributed by atoms with E-state index in [0.717, 1.165) is 17.5 Å².